The number of nitrogens with zero attached hydrogens (tertiary/aromatic N) is 2. The van der Waals surface area contributed by atoms with E-state index in [0.29, 0.717) is 16.7 Å². The summed E-state index contributed by atoms with van der Waals surface area (Å²) in [5, 5.41) is 13.4. The Morgan fingerprint density at radius 1 is 1.04 bits per heavy atom. The Bertz CT molecular complexity index is 1040. The van der Waals surface area contributed by atoms with Crippen LogP contribution in [0, 0.1) is 40.4 Å². The monoisotopic (exact) mass is 354 g/mol. The quantitative estimate of drug-likeness (QED) is 0.732. The molecule has 26 heavy (non-hydrogen) atoms. The summed E-state index contributed by atoms with van der Waals surface area (Å²) in [4.78, 5) is 15.8. The molecular formula is C20H19FN2O3. The lowest BCUT2D eigenvalue weighted by molar-refractivity contribution is 0.0696. The van der Waals surface area contributed by atoms with Crippen molar-refractivity contribution in [3.8, 4) is 22.8 Å². The van der Waals surface area contributed by atoms with Crippen LogP contribution in [0.3, 0.4) is 0 Å². The van der Waals surface area contributed by atoms with Crippen LogP contribution in [0.2, 0.25) is 0 Å². The summed E-state index contributed by atoms with van der Waals surface area (Å²) in [7, 11) is 0. The van der Waals surface area contributed by atoms with Crippen LogP contribution in [-0.4, -0.2) is 21.2 Å². The molecule has 0 aliphatic carbocycles. The largest absolute Gasteiger partial charge is 0.478 e. The summed E-state index contributed by atoms with van der Waals surface area (Å²) in [5.74, 6) is -1.10. The van der Waals surface area contributed by atoms with Crippen molar-refractivity contribution in [2.45, 2.75) is 34.6 Å². The molecule has 1 N–H and O–H groups in total. The molecule has 0 aliphatic heterocycles. The van der Waals surface area contributed by atoms with Gasteiger partial charge in [-0.05, 0) is 74.6 Å². The number of hydrogen-bond donors (Lipinski definition) is 1. The number of carbonyl (C=O) groups is 1. The van der Waals surface area contributed by atoms with E-state index in [0.717, 1.165) is 16.7 Å². The minimum absolute atomic E-state index is 0.0674. The summed E-state index contributed by atoms with van der Waals surface area (Å²) in [6, 6.07) is 5.03. The number of carboxylic acids is 1. The van der Waals surface area contributed by atoms with Crippen LogP contribution in [-0.2, 0) is 0 Å². The van der Waals surface area contributed by atoms with Crippen LogP contribution in [0.25, 0.3) is 22.8 Å². The number of rotatable bonds is 3. The normalized spacial score (nSPS) is 11.0. The Morgan fingerprint density at radius 2 is 1.73 bits per heavy atom. The fraction of sp³-hybridized carbons (Fsp3) is 0.250. The number of aryl methyl sites for hydroxylation is 2. The fourth-order valence-electron chi connectivity index (χ4n) is 2.98. The summed E-state index contributed by atoms with van der Waals surface area (Å²) < 4.78 is 19.8. The topological polar surface area (TPSA) is 76.2 Å². The minimum Gasteiger partial charge on any atom is -0.478 e. The summed E-state index contributed by atoms with van der Waals surface area (Å²) >= 11 is 0. The van der Waals surface area contributed by atoms with E-state index in [1.54, 1.807) is 32.0 Å². The Balaban J connectivity index is 2.18. The van der Waals surface area contributed by atoms with Gasteiger partial charge in [0.05, 0.1) is 11.1 Å². The van der Waals surface area contributed by atoms with Crippen molar-refractivity contribution in [1.82, 2.24) is 10.1 Å². The molecule has 0 spiro atoms. The maximum atomic E-state index is 14.5. The third-order valence-corrected chi connectivity index (χ3v) is 4.87. The smallest absolute Gasteiger partial charge is 0.335 e. The zero-order valence-electron chi connectivity index (χ0n) is 15.3. The Labute approximate surface area is 150 Å². The predicted octanol–water partition coefficient (Wildman–Crippen LogP) is 4.78. The molecule has 1 aromatic heterocycles. The fourth-order valence-corrected chi connectivity index (χ4v) is 2.98. The first-order valence-electron chi connectivity index (χ1n) is 8.16. The Morgan fingerprint density at radius 3 is 2.38 bits per heavy atom. The summed E-state index contributed by atoms with van der Waals surface area (Å²) in [5.41, 5.74) is 4.60. The average Bonchev–Trinajstić information content (AvgIpc) is 3.05. The van der Waals surface area contributed by atoms with Gasteiger partial charge in [0.25, 0.3) is 5.89 Å². The second-order valence-electron chi connectivity index (χ2n) is 6.46. The minimum atomic E-state index is -1.02. The van der Waals surface area contributed by atoms with Gasteiger partial charge in [-0.2, -0.15) is 4.98 Å². The van der Waals surface area contributed by atoms with Crippen LogP contribution < -0.4 is 0 Å². The summed E-state index contributed by atoms with van der Waals surface area (Å²) in [6.07, 6.45) is 0. The van der Waals surface area contributed by atoms with E-state index < -0.39 is 11.8 Å². The molecule has 0 bridgehead atoms. The third kappa shape index (κ3) is 2.77. The van der Waals surface area contributed by atoms with Crippen molar-refractivity contribution in [2.75, 3.05) is 0 Å². The Hall–Kier alpha value is -3.02. The molecular weight excluding hydrogens is 335 g/mol. The molecule has 1 heterocycles. The molecule has 0 amide bonds. The van der Waals surface area contributed by atoms with Gasteiger partial charge < -0.3 is 9.63 Å². The average molecular weight is 354 g/mol. The molecule has 0 aliphatic rings. The number of benzene rings is 2. The van der Waals surface area contributed by atoms with E-state index >= 15 is 0 Å². The van der Waals surface area contributed by atoms with Gasteiger partial charge >= 0.3 is 5.97 Å². The highest BCUT2D eigenvalue weighted by Gasteiger charge is 2.22. The lowest BCUT2D eigenvalue weighted by Crippen LogP contribution is -2.05. The van der Waals surface area contributed by atoms with Crippen LogP contribution in [0.1, 0.15) is 38.2 Å². The maximum absolute atomic E-state index is 14.5. The zero-order chi connectivity index (χ0) is 19.2. The standard InChI is InChI=1S/C20H19FN2O3/c1-9-6-7-14(17(21)12(9)4)19-22-18(23-26-19)16-11(3)10(2)8-15(13(16)5)20(24)25/h6-8H,1-5H3,(H,24,25). The van der Waals surface area contributed by atoms with Gasteiger partial charge in [-0.3, -0.25) is 0 Å². The molecule has 2 aromatic carbocycles. The third-order valence-electron chi connectivity index (χ3n) is 4.87. The van der Waals surface area contributed by atoms with Crippen molar-refractivity contribution >= 4 is 5.97 Å². The Kier molecular flexibility index (Phi) is 4.36. The highest BCUT2D eigenvalue weighted by molar-refractivity contribution is 5.92. The lowest BCUT2D eigenvalue weighted by atomic mass is 9.93. The van der Waals surface area contributed by atoms with E-state index in [9.17, 15) is 14.3 Å². The van der Waals surface area contributed by atoms with E-state index in [1.165, 1.54) is 0 Å². The van der Waals surface area contributed by atoms with Gasteiger partial charge in [-0.15, -0.1) is 0 Å². The van der Waals surface area contributed by atoms with E-state index in [4.69, 9.17) is 4.52 Å². The number of hydrogen-bond acceptors (Lipinski definition) is 4. The second-order valence-corrected chi connectivity index (χ2v) is 6.46. The van der Waals surface area contributed by atoms with E-state index in [1.807, 2.05) is 20.8 Å². The van der Waals surface area contributed by atoms with Gasteiger partial charge in [-0.1, -0.05) is 11.2 Å². The predicted molar refractivity (Wildman–Crippen MR) is 95.8 cm³/mol. The maximum Gasteiger partial charge on any atom is 0.335 e. The molecule has 0 radical (unpaired) electrons. The molecule has 6 heteroatoms. The van der Waals surface area contributed by atoms with E-state index in [-0.39, 0.29) is 22.8 Å². The first-order chi connectivity index (χ1) is 12.2. The highest BCUT2D eigenvalue weighted by atomic mass is 19.1. The second kappa shape index (κ2) is 6.37. The van der Waals surface area contributed by atoms with Crippen molar-refractivity contribution < 1.29 is 18.8 Å². The summed E-state index contributed by atoms with van der Waals surface area (Å²) in [6.45, 7) is 8.93. The molecule has 5 nitrogen and oxygen atoms in total. The molecule has 0 unspecified atom stereocenters. The molecule has 0 saturated heterocycles. The zero-order valence-corrected chi connectivity index (χ0v) is 15.3. The molecule has 3 rings (SSSR count). The van der Waals surface area contributed by atoms with Gasteiger partial charge in [0.1, 0.15) is 5.82 Å². The van der Waals surface area contributed by atoms with Gasteiger partial charge in [-0.25, -0.2) is 9.18 Å². The van der Waals surface area contributed by atoms with Crippen LogP contribution in [0.4, 0.5) is 4.39 Å². The molecule has 0 fully saturated rings. The first-order valence-corrected chi connectivity index (χ1v) is 8.16. The molecule has 0 atom stereocenters. The van der Waals surface area contributed by atoms with Crippen LogP contribution >= 0.6 is 0 Å². The number of carboxylic acid groups (broad SMARTS) is 1. The van der Waals surface area contributed by atoms with Crippen molar-refractivity contribution in [2.24, 2.45) is 0 Å². The van der Waals surface area contributed by atoms with Gasteiger partial charge in [0.15, 0.2) is 0 Å². The van der Waals surface area contributed by atoms with Gasteiger partial charge in [0.2, 0.25) is 5.82 Å². The number of aromatic nitrogens is 2. The number of halogens is 1. The SMILES string of the molecule is Cc1ccc(-c2nc(-c3c(C)c(C)cc(C(=O)O)c3C)no2)c(F)c1C. The van der Waals surface area contributed by atoms with E-state index in [2.05, 4.69) is 10.1 Å². The van der Waals surface area contributed by atoms with Crippen molar-refractivity contribution in [1.29, 1.82) is 0 Å². The van der Waals surface area contributed by atoms with Crippen molar-refractivity contribution in [3.63, 3.8) is 0 Å². The van der Waals surface area contributed by atoms with Crippen molar-refractivity contribution in [3.05, 3.63) is 57.4 Å². The number of aromatic carboxylic acids is 1. The lowest BCUT2D eigenvalue weighted by Gasteiger charge is -2.12. The van der Waals surface area contributed by atoms with Crippen LogP contribution in [0.15, 0.2) is 22.7 Å². The first kappa shape index (κ1) is 17.8. The molecule has 134 valence electrons. The highest BCUT2D eigenvalue weighted by Crippen LogP contribution is 2.32. The van der Waals surface area contributed by atoms with Gasteiger partial charge in [0, 0.05) is 5.56 Å². The molecule has 3 aromatic rings. The van der Waals surface area contributed by atoms with Crippen LogP contribution in [0.5, 0.6) is 0 Å². The molecule has 0 saturated carbocycles.